The quantitative estimate of drug-likeness (QED) is 0.364. The molecule has 1 N–H and O–H groups in total. The van der Waals surface area contributed by atoms with Gasteiger partial charge < -0.3 is 5.32 Å². The van der Waals surface area contributed by atoms with Crippen LogP contribution in [0.15, 0.2) is 0 Å². The number of unbranched alkanes of at least 4 members (excludes halogenated alkanes) is 5. The third kappa shape index (κ3) is 14.2. The van der Waals surface area contributed by atoms with E-state index in [2.05, 4.69) is 28.2 Å². The zero-order chi connectivity index (χ0) is 14.3. The number of carbonyl (C=O) groups is 1. The molecule has 19 heavy (non-hydrogen) atoms. The van der Waals surface area contributed by atoms with Crippen molar-refractivity contribution in [3.05, 3.63) is 0 Å². The maximum absolute atomic E-state index is 11.3. The first-order chi connectivity index (χ1) is 9.20. The minimum Gasteiger partial charge on any atom is -0.356 e. The molecule has 0 saturated carbocycles. The van der Waals surface area contributed by atoms with Crippen molar-refractivity contribution in [2.24, 2.45) is 0 Å². The first-order valence-corrected chi connectivity index (χ1v) is 9.03. The van der Waals surface area contributed by atoms with Gasteiger partial charge in [-0.05, 0) is 25.7 Å². The zero-order valence-corrected chi connectivity index (χ0v) is 14.4. The Labute approximate surface area is 128 Å². The molecule has 1 unspecified atom stereocenters. The summed E-state index contributed by atoms with van der Waals surface area (Å²) in [6, 6.07) is 0. The van der Waals surface area contributed by atoms with Crippen LogP contribution in [0.1, 0.15) is 84.5 Å². The third-order valence-corrected chi connectivity index (χ3v) is 4.28. The Kier molecular flexibility index (Phi) is 14.3. The minimum atomic E-state index is 0.199. The maximum atomic E-state index is 11.3. The zero-order valence-electron chi connectivity index (χ0n) is 12.8. The normalized spacial score (nSPS) is 12.4. The standard InChI is InChI=1S/C16H32BrNO/c1-3-5-6-7-8-9-12-15(17)13-10-14-18-16(19)11-4-2/h15H,3-14H2,1-2H3,(H,18,19). The largest absolute Gasteiger partial charge is 0.356 e. The van der Waals surface area contributed by atoms with Crippen molar-refractivity contribution >= 4 is 21.8 Å². The second-order valence-electron chi connectivity index (χ2n) is 5.40. The van der Waals surface area contributed by atoms with Crippen LogP contribution in [0.5, 0.6) is 0 Å². The van der Waals surface area contributed by atoms with Gasteiger partial charge in [-0.25, -0.2) is 0 Å². The predicted molar refractivity (Wildman–Crippen MR) is 87.9 cm³/mol. The van der Waals surface area contributed by atoms with Gasteiger partial charge in [-0.3, -0.25) is 4.79 Å². The summed E-state index contributed by atoms with van der Waals surface area (Å²) < 4.78 is 0. The van der Waals surface area contributed by atoms with Crippen LogP contribution < -0.4 is 5.32 Å². The summed E-state index contributed by atoms with van der Waals surface area (Å²) in [6.07, 6.45) is 13.3. The van der Waals surface area contributed by atoms with Crippen LogP contribution in [0.3, 0.4) is 0 Å². The first-order valence-electron chi connectivity index (χ1n) is 8.11. The van der Waals surface area contributed by atoms with E-state index in [-0.39, 0.29) is 5.91 Å². The van der Waals surface area contributed by atoms with Gasteiger partial charge >= 0.3 is 0 Å². The van der Waals surface area contributed by atoms with E-state index in [1.807, 2.05) is 6.92 Å². The fraction of sp³-hybridized carbons (Fsp3) is 0.938. The Morgan fingerprint density at radius 2 is 1.58 bits per heavy atom. The Morgan fingerprint density at radius 1 is 0.947 bits per heavy atom. The number of halogens is 1. The fourth-order valence-corrected chi connectivity index (χ4v) is 2.80. The van der Waals surface area contributed by atoms with Crippen molar-refractivity contribution in [2.45, 2.75) is 89.3 Å². The van der Waals surface area contributed by atoms with Crippen molar-refractivity contribution in [3.63, 3.8) is 0 Å². The number of rotatable bonds is 13. The van der Waals surface area contributed by atoms with Gasteiger partial charge in [0.1, 0.15) is 0 Å². The Morgan fingerprint density at radius 3 is 2.26 bits per heavy atom. The number of alkyl halides is 1. The van der Waals surface area contributed by atoms with Gasteiger partial charge in [-0.15, -0.1) is 0 Å². The van der Waals surface area contributed by atoms with Crippen LogP contribution in [0, 0.1) is 0 Å². The summed E-state index contributed by atoms with van der Waals surface area (Å²) in [5.41, 5.74) is 0. The highest BCUT2D eigenvalue weighted by Crippen LogP contribution is 2.17. The van der Waals surface area contributed by atoms with Gasteiger partial charge in [0, 0.05) is 17.8 Å². The molecule has 1 atom stereocenters. The molecule has 0 aromatic rings. The molecular weight excluding hydrogens is 302 g/mol. The summed E-state index contributed by atoms with van der Waals surface area (Å²) in [6.45, 7) is 5.12. The first kappa shape index (κ1) is 18.9. The highest BCUT2D eigenvalue weighted by Gasteiger charge is 2.04. The molecule has 0 aliphatic rings. The van der Waals surface area contributed by atoms with Crippen LogP contribution in [-0.4, -0.2) is 17.3 Å². The molecule has 0 aromatic heterocycles. The third-order valence-electron chi connectivity index (χ3n) is 3.36. The summed E-state index contributed by atoms with van der Waals surface area (Å²) in [4.78, 5) is 11.9. The smallest absolute Gasteiger partial charge is 0.219 e. The van der Waals surface area contributed by atoms with Crippen LogP contribution in [0.25, 0.3) is 0 Å². The van der Waals surface area contributed by atoms with Crippen LogP contribution in [0.2, 0.25) is 0 Å². The molecule has 0 spiro atoms. The maximum Gasteiger partial charge on any atom is 0.219 e. The highest BCUT2D eigenvalue weighted by atomic mass is 79.9. The predicted octanol–water partition coefficient (Wildman–Crippen LogP) is 5.20. The summed E-state index contributed by atoms with van der Waals surface area (Å²) in [5.74, 6) is 0.199. The lowest BCUT2D eigenvalue weighted by Gasteiger charge is -2.10. The summed E-state index contributed by atoms with van der Waals surface area (Å²) in [7, 11) is 0. The number of hydrogen-bond donors (Lipinski definition) is 1. The van der Waals surface area contributed by atoms with E-state index >= 15 is 0 Å². The van der Waals surface area contributed by atoms with E-state index in [1.165, 1.54) is 51.4 Å². The summed E-state index contributed by atoms with van der Waals surface area (Å²) in [5, 5.41) is 2.97. The van der Waals surface area contributed by atoms with Gasteiger partial charge in [0.05, 0.1) is 0 Å². The summed E-state index contributed by atoms with van der Waals surface area (Å²) >= 11 is 3.75. The van der Waals surface area contributed by atoms with Crippen molar-refractivity contribution in [1.29, 1.82) is 0 Å². The molecule has 0 fully saturated rings. The lowest BCUT2D eigenvalue weighted by atomic mass is 10.1. The van der Waals surface area contributed by atoms with Gasteiger partial charge in [0.15, 0.2) is 0 Å². The number of carbonyl (C=O) groups excluding carboxylic acids is 1. The van der Waals surface area contributed by atoms with Gasteiger partial charge in [-0.2, -0.15) is 0 Å². The molecule has 0 heterocycles. The monoisotopic (exact) mass is 333 g/mol. The molecule has 2 nitrogen and oxygen atoms in total. The lowest BCUT2D eigenvalue weighted by Crippen LogP contribution is -2.24. The van der Waals surface area contributed by atoms with Crippen molar-refractivity contribution in [1.82, 2.24) is 5.32 Å². The molecule has 0 rings (SSSR count). The van der Waals surface area contributed by atoms with Crippen LogP contribution in [-0.2, 0) is 4.79 Å². The van der Waals surface area contributed by atoms with E-state index in [4.69, 9.17) is 0 Å². The molecular formula is C16H32BrNO. The van der Waals surface area contributed by atoms with E-state index in [9.17, 15) is 4.79 Å². The number of hydrogen-bond acceptors (Lipinski definition) is 1. The van der Waals surface area contributed by atoms with E-state index in [0.29, 0.717) is 11.2 Å². The van der Waals surface area contributed by atoms with Crippen LogP contribution >= 0.6 is 15.9 Å². The molecule has 114 valence electrons. The Balaban J connectivity index is 3.25. The van der Waals surface area contributed by atoms with E-state index in [1.54, 1.807) is 0 Å². The average Bonchev–Trinajstić information content (AvgIpc) is 2.39. The molecule has 1 amide bonds. The molecule has 0 radical (unpaired) electrons. The topological polar surface area (TPSA) is 29.1 Å². The van der Waals surface area contributed by atoms with Crippen molar-refractivity contribution < 1.29 is 4.79 Å². The van der Waals surface area contributed by atoms with Gasteiger partial charge in [-0.1, -0.05) is 68.3 Å². The Bertz CT molecular complexity index is 209. The van der Waals surface area contributed by atoms with Crippen LogP contribution in [0.4, 0.5) is 0 Å². The van der Waals surface area contributed by atoms with E-state index in [0.717, 1.165) is 19.4 Å². The molecule has 0 aliphatic heterocycles. The molecule has 0 aromatic carbocycles. The molecule has 0 aliphatic carbocycles. The van der Waals surface area contributed by atoms with Crippen molar-refractivity contribution in [2.75, 3.05) is 6.54 Å². The Hall–Kier alpha value is -0.0500. The van der Waals surface area contributed by atoms with E-state index < -0.39 is 0 Å². The lowest BCUT2D eigenvalue weighted by molar-refractivity contribution is -0.121. The minimum absolute atomic E-state index is 0.199. The molecule has 3 heteroatoms. The highest BCUT2D eigenvalue weighted by molar-refractivity contribution is 9.09. The second kappa shape index (κ2) is 14.4. The van der Waals surface area contributed by atoms with Crippen molar-refractivity contribution in [3.8, 4) is 0 Å². The molecule has 0 saturated heterocycles. The second-order valence-corrected chi connectivity index (χ2v) is 6.69. The number of nitrogens with one attached hydrogen (secondary N) is 1. The average molecular weight is 334 g/mol. The van der Waals surface area contributed by atoms with Gasteiger partial charge in [0.25, 0.3) is 0 Å². The fourth-order valence-electron chi connectivity index (χ4n) is 2.16. The number of amides is 1. The molecule has 0 bridgehead atoms. The van der Waals surface area contributed by atoms with Gasteiger partial charge in [0.2, 0.25) is 5.91 Å². The SMILES string of the molecule is CCCCCCCCC(Br)CCCNC(=O)CCC.